The van der Waals surface area contributed by atoms with Crippen LogP contribution in [-0.4, -0.2) is 36.1 Å². The quantitative estimate of drug-likeness (QED) is 0.433. The lowest BCUT2D eigenvalue weighted by Gasteiger charge is -2.22. The molecule has 0 saturated carbocycles. The molecule has 0 bridgehead atoms. The second-order valence-corrected chi connectivity index (χ2v) is 5.40. The number of rotatable bonds is 5. The summed E-state index contributed by atoms with van der Waals surface area (Å²) in [5.41, 5.74) is 1.52. The second-order valence-electron chi connectivity index (χ2n) is 5.40. The normalized spacial score (nSPS) is 11.1. The third-order valence-electron chi connectivity index (χ3n) is 3.73. The highest BCUT2D eigenvalue weighted by Gasteiger charge is 2.10. The van der Waals surface area contributed by atoms with E-state index in [1.54, 1.807) is 13.1 Å². The molecule has 1 N–H and O–H groups in total. The summed E-state index contributed by atoms with van der Waals surface area (Å²) in [5, 5.41) is 3.17. The van der Waals surface area contributed by atoms with Crippen LogP contribution in [0.4, 0.5) is 8.78 Å². The van der Waals surface area contributed by atoms with Gasteiger partial charge >= 0.3 is 0 Å². The summed E-state index contributed by atoms with van der Waals surface area (Å²) in [6, 6.07) is 8.28. The standard InChI is InChI=1S/C17H22F2N4.HI/c1-20-17(23(3)12-14-7-5-11-22(14)2)21-10-9-13-6-4-8-15(18)16(13)19;/h4-8,11H,9-10,12H2,1-3H3,(H,20,21);1H. The molecule has 2 rings (SSSR count). The van der Waals surface area contributed by atoms with Gasteiger partial charge in [-0.1, -0.05) is 12.1 Å². The first kappa shape index (κ1) is 20.4. The summed E-state index contributed by atoms with van der Waals surface area (Å²) >= 11 is 0. The van der Waals surface area contributed by atoms with Gasteiger partial charge in [0.05, 0.1) is 6.54 Å². The number of benzene rings is 1. The Morgan fingerprint density at radius 1 is 1.25 bits per heavy atom. The number of aliphatic imine (C=N–C) groups is 1. The number of guanidine groups is 1. The van der Waals surface area contributed by atoms with Gasteiger partial charge in [0.2, 0.25) is 0 Å². The molecule has 0 saturated heterocycles. The van der Waals surface area contributed by atoms with Crippen LogP contribution in [0.3, 0.4) is 0 Å². The average Bonchev–Trinajstić information content (AvgIpc) is 2.93. The van der Waals surface area contributed by atoms with E-state index in [1.807, 2.05) is 41.9 Å². The monoisotopic (exact) mass is 448 g/mol. The summed E-state index contributed by atoms with van der Waals surface area (Å²) < 4.78 is 28.8. The van der Waals surface area contributed by atoms with E-state index in [1.165, 1.54) is 6.07 Å². The van der Waals surface area contributed by atoms with Crippen molar-refractivity contribution >= 4 is 29.9 Å². The highest BCUT2D eigenvalue weighted by Crippen LogP contribution is 2.11. The fraction of sp³-hybridized carbons (Fsp3) is 0.353. The molecule has 0 spiro atoms. The maximum atomic E-state index is 13.6. The Hall–Kier alpha value is -1.64. The van der Waals surface area contributed by atoms with Crippen molar-refractivity contribution in [3.8, 4) is 0 Å². The third kappa shape index (κ3) is 5.19. The van der Waals surface area contributed by atoms with Crippen molar-refractivity contribution in [1.29, 1.82) is 0 Å². The minimum Gasteiger partial charge on any atom is -0.356 e. The molecule has 0 aliphatic carbocycles. The Morgan fingerprint density at radius 2 is 2.00 bits per heavy atom. The highest BCUT2D eigenvalue weighted by molar-refractivity contribution is 14.0. The molecule has 0 fully saturated rings. The van der Waals surface area contributed by atoms with Gasteiger partial charge in [0.15, 0.2) is 17.6 Å². The zero-order valence-electron chi connectivity index (χ0n) is 14.1. The lowest BCUT2D eigenvalue weighted by molar-refractivity contribution is 0.461. The largest absolute Gasteiger partial charge is 0.356 e. The van der Waals surface area contributed by atoms with Crippen molar-refractivity contribution in [2.24, 2.45) is 12.0 Å². The van der Waals surface area contributed by atoms with Crippen LogP contribution < -0.4 is 5.32 Å². The van der Waals surface area contributed by atoms with E-state index in [0.717, 1.165) is 11.8 Å². The van der Waals surface area contributed by atoms with Crippen LogP contribution in [0.2, 0.25) is 0 Å². The number of aryl methyl sites for hydroxylation is 1. The molecule has 1 aromatic heterocycles. The smallest absolute Gasteiger partial charge is 0.193 e. The Kier molecular flexibility index (Phi) is 8.17. The molecule has 7 heteroatoms. The highest BCUT2D eigenvalue weighted by atomic mass is 127. The van der Waals surface area contributed by atoms with Crippen LogP contribution in [0.5, 0.6) is 0 Å². The molecule has 0 amide bonds. The maximum absolute atomic E-state index is 13.6. The first-order valence-corrected chi connectivity index (χ1v) is 7.47. The van der Waals surface area contributed by atoms with E-state index < -0.39 is 11.6 Å². The van der Waals surface area contributed by atoms with Crippen molar-refractivity contribution in [2.45, 2.75) is 13.0 Å². The lowest BCUT2D eigenvalue weighted by Crippen LogP contribution is -2.39. The van der Waals surface area contributed by atoms with E-state index in [2.05, 4.69) is 10.3 Å². The molecule has 0 unspecified atom stereocenters. The molecule has 1 heterocycles. The Labute approximate surface area is 158 Å². The second kappa shape index (κ2) is 9.61. The van der Waals surface area contributed by atoms with Crippen LogP contribution >= 0.6 is 24.0 Å². The van der Waals surface area contributed by atoms with Gasteiger partial charge in [-0.05, 0) is 30.2 Å². The number of aromatic nitrogens is 1. The van der Waals surface area contributed by atoms with Gasteiger partial charge in [-0.3, -0.25) is 4.99 Å². The van der Waals surface area contributed by atoms with Crippen LogP contribution in [-0.2, 0) is 20.0 Å². The van der Waals surface area contributed by atoms with Crippen molar-refractivity contribution in [3.05, 3.63) is 59.4 Å². The number of nitrogens with one attached hydrogen (secondary N) is 1. The Balaban J connectivity index is 0.00000288. The predicted octanol–water partition coefficient (Wildman–Crippen LogP) is 3.17. The van der Waals surface area contributed by atoms with Crippen LogP contribution in [0.15, 0.2) is 41.5 Å². The van der Waals surface area contributed by atoms with E-state index >= 15 is 0 Å². The topological polar surface area (TPSA) is 32.6 Å². The van der Waals surface area contributed by atoms with Gasteiger partial charge in [0.1, 0.15) is 0 Å². The summed E-state index contributed by atoms with van der Waals surface area (Å²) in [7, 11) is 5.63. The lowest BCUT2D eigenvalue weighted by atomic mass is 10.1. The van der Waals surface area contributed by atoms with Crippen molar-refractivity contribution < 1.29 is 8.78 Å². The van der Waals surface area contributed by atoms with E-state index in [9.17, 15) is 8.78 Å². The summed E-state index contributed by atoms with van der Waals surface area (Å²) in [6.07, 6.45) is 2.38. The summed E-state index contributed by atoms with van der Waals surface area (Å²) in [6.45, 7) is 1.18. The van der Waals surface area contributed by atoms with Gasteiger partial charge in [0, 0.05) is 39.6 Å². The zero-order valence-corrected chi connectivity index (χ0v) is 16.4. The molecular formula is C17H23F2IN4. The third-order valence-corrected chi connectivity index (χ3v) is 3.73. The average molecular weight is 448 g/mol. The molecule has 0 aliphatic rings. The van der Waals surface area contributed by atoms with Gasteiger partial charge < -0.3 is 14.8 Å². The molecular weight excluding hydrogens is 425 g/mol. The van der Waals surface area contributed by atoms with E-state index in [0.29, 0.717) is 31.0 Å². The molecule has 132 valence electrons. The van der Waals surface area contributed by atoms with Crippen LogP contribution in [0.25, 0.3) is 0 Å². The van der Waals surface area contributed by atoms with Gasteiger partial charge in [-0.15, -0.1) is 24.0 Å². The first-order chi connectivity index (χ1) is 11.0. The number of halogens is 3. The predicted molar refractivity (Wildman–Crippen MR) is 104 cm³/mol. The molecule has 0 atom stereocenters. The zero-order chi connectivity index (χ0) is 16.8. The number of hydrogen-bond acceptors (Lipinski definition) is 1. The molecule has 4 nitrogen and oxygen atoms in total. The molecule has 0 radical (unpaired) electrons. The SMILES string of the molecule is CN=C(NCCc1cccc(F)c1F)N(C)Cc1cccn1C.I. The fourth-order valence-corrected chi connectivity index (χ4v) is 2.41. The van der Waals surface area contributed by atoms with Crippen LogP contribution in [0.1, 0.15) is 11.3 Å². The van der Waals surface area contributed by atoms with Gasteiger partial charge in [-0.25, -0.2) is 8.78 Å². The van der Waals surface area contributed by atoms with Gasteiger partial charge in [-0.2, -0.15) is 0 Å². The molecule has 24 heavy (non-hydrogen) atoms. The Bertz CT molecular complexity index is 685. The van der Waals surface area contributed by atoms with E-state index in [4.69, 9.17) is 0 Å². The maximum Gasteiger partial charge on any atom is 0.193 e. The van der Waals surface area contributed by atoms with Crippen molar-refractivity contribution in [1.82, 2.24) is 14.8 Å². The first-order valence-electron chi connectivity index (χ1n) is 7.47. The van der Waals surface area contributed by atoms with Gasteiger partial charge in [0.25, 0.3) is 0 Å². The summed E-state index contributed by atoms with van der Waals surface area (Å²) in [4.78, 5) is 6.21. The van der Waals surface area contributed by atoms with Crippen LogP contribution in [0, 0.1) is 11.6 Å². The van der Waals surface area contributed by atoms with Crippen molar-refractivity contribution in [3.63, 3.8) is 0 Å². The number of nitrogens with zero attached hydrogens (tertiary/aromatic N) is 3. The Morgan fingerprint density at radius 3 is 2.62 bits per heavy atom. The number of hydrogen-bond donors (Lipinski definition) is 1. The van der Waals surface area contributed by atoms with Crippen molar-refractivity contribution in [2.75, 3.05) is 20.6 Å². The molecule has 1 aromatic carbocycles. The minimum atomic E-state index is -0.812. The molecule has 0 aliphatic heterocycles. The van der Waals surface area contributed by atoms with E-state index in [-0.39, 0.29) is 24.0 Å². The fourth-order valence-electron chi connectivity index (χ4n) is 2.41. The molecule has 2 aromatic rings. The minimum absolute atomic E-state index is 0. The summed E-state index contributed by atoms with van der Waals surface area (Å²) in [5.74, 6) is -0.878.